The van der Waals surface area contributed by atoms with Gasteiger partial charge in [-0.3, -0.25) is 9.30 Å². The summed E-state index contributed by atoms with van der Waals surface area (Å²) in [6.45, 7) is 13.1. The third-order valence-corrected chi connectivity index (χ3v) is 6.09. The van der Waals surface area contributed by atoms with Crippen molar-refractivity contribution in [1.82, 2.24) is 24.2 Å². The fraction of sp³-hybridized carbons (Fsp3) is 0.478. The quantitative estimate of drug-likeness (QED) is 0.571. The highest BCUT2D eigenvalue weighted by Crippen LogP contribution is 2.31. The predicted octanol–water partition coefficient (Wildman–Crippen LogP) is 2.87. The van der Waals surface area contributed by atoms with Gasteiger partial charge in [0.1, 0.15) is 5.75 Å². The van der Waals surface area contributed by atoms with Crippen LogP contribution in [0.5, 0.6) is 5.75 Å². The SMILES string of the molecule is CCN(CC)CCN1CCN(c2ncc(-c3ccccc3OC)n3ccnc23)CC1. The van der Waals surface area contributed by atoms with Gasteiger partial charge < -0.3 is 14.5 Å². The molecule has 0 radical (unpaired) electrons. The zero-order valence-corrected chi connectivity index (χ0v) is 18.3. The summed E-state index contributed by atoms with van der Waals surface area (Å²) in [5, 5.41) is 0. The van der Waals surface area contributed by atoms with Crippen molar-refractivity contribution in [3.8, 4) is 17.0 Å². The van der Waals surface area contributed by atoms with E-state index in [2.05, 4.69) is 44.0 Å². The van der Waals surface area contributed by atoms with E-state index in [4.69, 9.17) is 9.72 Å². The lowest BCUT2D eigenvalue weighted by Gasteiger charge is -2.36. The molecular weight excluding hydrogens is 376 g/mol. The van der Waals surface area contributed by atoms with E-state index in [-0.39, 0.29) is 0 Å². The van der Waals surface area contributed by atoms with E-state index in [1.807, 2.05) is 36.8 Å². The van der Waals surface area contributed by atoms with Crippen LogP contribution in [0.15, 0.2) is 42.9 Å². The minimum absolute atomic E-state index is 0.837. The Kier molecular flexibility index (Phi) is 6.50. The second-order valence-electron chi connectivity index (χ2n) is 7.64. The fourth-order valence-electron chi connectivity index (χ4n) is 4.19. The molecule has 0 saturated carbocycles. The van der Waals surface area contributed by atoms with Gasteiger partial charge in [0.2, 0.25) is 0 Å². The number of benzene rings is 1. The summed E-state index contributed by atoms with van der Waals surface area (Å²) in [5.74, 6) is 1.80. The molecule has 0 atom stereocenters. The van der Waals surface area contributed by atoms with Gasteiger partial charge in [-0.25, -0.2) is 9.97 Å². The van der Waals surface area contributed by atoms with E-state index >= 15 is 0 Å². The number of nitrogens with zero attached hydrogens (tertiary/aromatic N) is 6. The van der Waals surface area contributed by atoms with Gasteiger partial charge in [-0.05, 0) is 25.2 Å². The number of imidazole rings is 1. The van der Waals surface area contributed by atoms with Gasteiger partial charge in [0, 0.05) is 57.2 Å². The number of para-hydroxylation sites is 1. The standard InChI is InChI=1S/C23H32N6O/c1-4-26(5-2)12-13-27-14-16-28(17-15-27)22-23-24-10-11-29(23)20(18-25-22)19-8-6-7-9-21(19)30-3/h6-11,18H,4-5,12-17H2,1-3H3. The molecule has 0 unspecified atom stereocenters. The van der Waals surface area contributed by atoms with Gasteiger partial charge in [0.05, 0.1) is 19.0 Å². The minimum Gasteiger partial charge on any atom is -0.496 e. The van der Waals surface area contributed by atoms with Crippen LogP contribution in [0.3, 0.4) is 0 Å². The predicted molar refractivity (Wildman–Crippen MR) is 121 cm³/mol. The van der Waals surface area contributed by atoms with Gasteiger partial charge in [-0.15, -0.1) is 0 Å². The van der Waals surface area contributed by atoms with Gasteiger partial charge in [0.25, 0.3) is 0 Å². The van der Waals surface area contributed by atoms with E-state index in [0.717, 1.165) is 80.8 Å². The van der Waals surface area contributed by atoms with Crippen molar-refractivity contribution in [3.05, 3.63) is 42.9 Å². The minimum atomic E-state index is 0.837. The van der Waals surface area contributed by atoms with Crippen LogP contribution in [-0.2, 0) is 0 Å². The molecule has 3 heterocycles. The summed E-state index contributed by atoms with van der Waals surface area (Å²) >= 11 is 0. The van der Waals surface area contributed by atoms with E-state index < -0.39 is 0 Å². The Morgan fingerprint density at radius 2 is 1.80 bits per heavy atom. The summed E-state index contributed by atoms with van der Waals surface area (Å²) in [4.78, 5) is 16.9. The van der Waals surface area contributed by atoms with Crippen molar-refractivity contribution in [2.75, 3.05) is 64.4 Å². The third-order valence-electron chi connectivity index (χ3n) is 6.09. The number of hydrogen-bond acceptors (Lipinski definition) is 6. The van der Waals surface area contributed by atoms with Crippen molar-refractivity contribution in [2.45, 2.75) is 13.8 Å². The van der Waals surface area contributed by atoms with Crippen molar-refractivity contribution >= 4 is 11.5 Å². The maximum Gasteiger partial charge on any atom is 0.180 e. The van der Waals surface area contributed by atoms with Gasteiger partial charge in [-0.2, -0.15) is 0 Å². The molecule has 0 N–H and O–H groups in total. The van der Waals surface area contributed by atoms with Gasteiger partial charge in [-0.1, -0.05) is 26.0 Å². The van der Waals surface area contributed by atoms with E-state index in [1.165, 1.54) is 0 Å². The summed E-state index contributed by atoms with van der Waals surface area (Å²) in [7, 11) is 1.70. The summed E-state index contributed by atoms with van der Waals surface area (Å²) in [6.07, 6.45) is 5.79. The normalized spacial score (nSPS) is 15.3. The first-order valence-electron chi connectivity index (χ1n) is 10.9. The molecule has 0 aliphatic carbocycles. The molecule has 160 valence electrons. The molecule has 3 aromatic rings. The Labute approximate surface area is 178 Å². The maximum atomic E-state index is 5.56. The van der Waals surface area contributed by atoms with Crippen LogP contribution in [0.1, 0.15) is 13.8 Å². The van der Waals surface area contributed by atoms with Gasteiger partial charge >= 0.3 is 0 Å². The highest BCUT2D eigenvalue weighted by atomic mass is 16.5. The number of fused-ring (bicyclic) bond motifs is 1. The first kappa shape index (κ1) is 20.6. The number of likely N-dealkylation sites (N-methyl/N-ethyl adjacent to an activating group) is 1. The van der Waals surface area contributed by atoms with Crippen molar-refractivity contribution < 1.29 is 4.74 Å². The monoisotopic (exact) mass is 408 g/mol. The zero-order valence-electron chi connectivity index (χ0n) is 18.3. The van der Waals surface area contributed by atoms with Crippen LogP contribution in [0.2, 0.25) is 0 Å². The average molecular weight is 409 g/mol. The molecule has 0 bridgehead atoms. The molecule has 1 aliphatic rings. The number of ether oxygens (including phenoxy) is 1. The Morgan fingerprint density at radius 1 is 1.03 bits per heavy atom. The molecule has 30 heavy (non-hydrogen) atoms. The first-order chi connectivity index (χ1) is 14.7. The number of aromatic nitrogens is 3. The van der Waals surface area contributed by atoms with Crippen LogP contribution in [0, 0.1) is 0 Å². The van der Waals surface area contributed by atoms with E-state index in [1.54, 1.807) is 7.11 Å². The van der Waals surface area contributed by atoms with Crippen molar-refractivity contribution in [1.29, 1.82) is 0 Å². The van der Waals surface area contributed by atoms with Gasteiger partial charge in [0.15, 0.2) is 11.5 Å². The molecule has 4 rings (SSSR count). The molecule has 2 aromatic heterocycles. The summed E-state index contributed by atoms with van der Waals surface area (Å²) in [6, 6.07) is 8.04. The molecule has 1 aromatic carbocycles. The lowest BCUT2D eigenvalue weighted by molar-refractivity contribution is 0.206. The molecule has 7 heteroatoms. The number of hydrogen-bond donors (Lipinski definition) is 0. The van der Waals surface area contributed by atoms with E-state index in [9.17, 15) is 0 Å². The number of piperazine rings is 1. The zero-order chi connectivity index (χ0) is 20.9. The van der Waals surface area contributed by atoms with Crippen molar-refractivity contribution in [2.24, 2.45) is 0 Å². The third kappa shape index (κ3) is 4.13. The smallest absolute Gasteiger partial charge is 0.180 e. The van der Waals surface area contributed by atoms with Crippen molar-refractivity contribution in [3.63, 3.8) is 0 Å². The highest BCUT2D eigenvalue weighted by molar-refractivity contribution is 5.74. The number of methoxy groups -OCH3 is 1. The fourth-order valence-corrected chi connectivity index (χ4v) is 4.19. The summed E-state index contributed by atoms with van der Waals surface area (Å²) in [5.41, 5.74) is 2.90. The van der Waals surface area contributed by atoms with Crippen LogP contribution in [0.25, 0.3) is 16.9 Å². The Hall–Kier alpha value is -2.64. The molecule has 7 nitrogen and oxygen atoms in total. The van der Waals surface area contributed by atoms with Crippen LogP contribution in [0.4, 0.5) is 5.82 Å². The second kappa shape index (κ2) is 9.45. The van der Waals surface area contributed by atoms with Crippen LogP contribution < -0.4 is 9.64 Å². The molecule has 0 amide bonds. The maximum absolute atomic E-state index is 5.56. The Balaban J connectivity index is 1.51. The Bertz CT molecular complexity index is 959. The largest absolute Gasteiger partial charge is 0.496 e. The number of rotatable bonds is 8. The molecule has 1 aliphatic heterocycles. The second-order valence-corrected chi connectivity index (χ2v) is 7.64. The van der Waals surface area contributed by atoms with E-state index in [0.29, 0.717) is 0 Å². The topological polar surface area (TPSA) is 49.1 Å². The highest BCUT2D eigenvalue weighted by Gasteiger charge is 2.22. The summed E-state index contributed by atoms with van der Waals surface area (Å²) < 4.78 is 7.68. The Morgan fingerprint density at radius 3 is 2.53 bits per heavy atom. The molecular formula is C23H32N6O. The molecule has 1 saturated heterocycles. The average Bonchev–Trinajstić information content (AvgIpc) is 3.30. The first-order valence-corrected chi connectivity index (χ1v) is 10.9. The molecule has 0 spiro atoms. The lowest BCUT2D eigenvalue weighted by atomic mass is 10.1. The lowest BCUT2D eigenvalue weighted by Crippen LogP contribution is -2.48. The van der Waals surface area contributed by atoms with Crippen LogP contribution >= 0.6 is 0 Å². The number of anilines is 1. The van der Waals surface area contributed by atoms with Crippen LogP contribution in [-0.4, -0.2) is 83.6 Å². The molecule has 1 fully saturated rings.